The van der Waals surface area contributed by atoms with E-state index in [4.69, 9.17) is 0 Å². The highest BCUT2D eigenvalue weighted by molar-refractivity contribution is 4.79. The SMILES string of the molecule is CCC1CCC(O)C(CCCC(C)C)C1. The van der Waals surface area contributed by atoms with E-state index in [0.29, 0.717) is 5.92 Å². The lowest BCUT2D eigenvalue weighted by Gasteiger charge is -2.33. The Labute approximate surface area is 95.3 Å². The van der Waals surface area contributed by atoms with Gasteiger partial charge >= 0.3 is 0 Å². The number of hydrogen-bond acceptors (Lipinski definition) is 1. The molecule has 1 fully saturated rings. The van der Waals surface area contributed by atoms with Crippen molar-refractivity contribution in [3.8, 4) is 0 Å². The maximum atomic E-state index is 9.95. The maximum Gasteiger partial charge on any atom is 0.0568 e. The van der Waals surface area contributed by atoms with E-state index in [1.807, 2.05) is 0 Å². The van der Waals surface area contributed by atoms with Gasteiger partial charge in [-0.1, -0.05) is 40.0 Å². The monoisotopic (exact) mass is 212 g/mol. The Bertz CT molecular complexity index is 165. The molecule has 0 saturated heterocycles. The van der Waals surface area contributed by atoms with E-state index in [0.717, 1.165) is 18.3 Å². The van der Waals surface area contributed by atoms with Gasteiger partial charge in [0.2, 0.25) is 0 Å². The third-order valence-corrected chi connectivity index (χ3v) is 3.98. The van der Waals surface area contributed by atoms with Gasteiger partial charge in [-0.15, -0.1) is 0 Å². The summed E-state index contributed by atoms with van der Waals surface area (Å²) in [6, 6.07) is 0. The summed E-state index contributed by atoms with van der Waals surface area (Å²) in [5.41, 5.74) is 0. The van der Waals surface area contributed by atoms with E-state index < -0.39 is 0 Å². The van der Waals surface area contributed by atoms with Crippen molar-refractivity contribution in [1.82, 2.24) is 0 Å². The summed E-state index contributed by atoms with van der Waals surface area (Å²) < 4.78 is 0. The molecule has 1 nitrogen and oxygen atoms in total. The Kier molecular flexibility index (Phi) is 5.66. The molecule has 3 atom stereocenters. The molecule has 1 rings (SSSR count). The minimum absolute atomic E-state index is 0.0000350. The van der Waals surface area contributed by atoms with Crippen LogP contribution in [0.3, 0.4) is 0 Å². The van der Waals surface area contributed by atoms with Gasteiger partial charge < -0.3 is 5.11 Å². The molecule has 0 amide bonds. The van der Waals surface area contributed by atoms with Crippen LogP contribution in [-0.4, -0.2) is 11.2 Å². The van der Waals surface area contributed by atoms with Crippen LogP contribution in [0.25, 0.3) is 0 Å². The quantitative estimate of drug-likeness (QED) is 0.730. The van der Waals surface area contributed by atoms with Crippen molar-refractivity contribution in [1.29, 1.82) is 0 Å². The van der Waals surface area contributed by atoms with E-state index in [1.54, 1.807) is 0 Å². The van der Waals surface area contributed by atoms with Gasteiger partial charge in [0, 0.05) is 0 Å². The lowest BCUT2D eigenvalue weighted by atomic mass is 9.76. The van der Waals surface area contributed by atoms with Crippen LogP contribution < -0.4 is 0 Å². The molecule has 3 unspecified atom stereocenters. The minimum atomic E-state index is -0.0000350. The fraction of sp³-hybridized carbons (Fsp3) is 1.00. The fourth-order valence-electron chi connectivity index (χ4n) is 2.81. The van der Waals surface area contributed by atoms with Crippen LogP contribution in [0.15, 0.2) is 0 Å². The normalized spacial score (nSPS) is 32.2. The zero-order valence-electron chi connectivity index (χ0n) is 10.7. The van der Waals surface area contributed by atoms with Crippen LogP contribution in [0.1, 0.15) is 65.7 Å². The van der Waals surface area contributed by atoms with Crippen molar-refractivity contribution in [2.75, 3.05) is 0 Å². The Hall–Kier alpha value is -0.0400. The van der Waals surface area contributed by atoms with Gasteiger partial charge in [-0.05, 0) is 43.4 Å². The van der Waals surface area contributed by atoms with Crippen molar-refractivity contribution in [2.45, 2.75) is 71.8 Å². The molecule has 15 heavy (non-hydrogen) atoms. The highest BCUT2D eigenvalue weighted by Crippen LogP contribution is 2.34. The lowest BCUT2D eigenvalue weighted by molar-refractivity contribution is 0.0414. The van der Waals surface area contributed by atoms with Gasteiger partial charge in [-0.3, -0.25) is 0 Å². The molecule has 0 spiro atoms. The van der Waals surface area contributed by atoms with Crippen LogP contribution in [0.2, 0.25) is 0 Å². The Morgan fingerprint density at radius 2 is 2.00 bits per heavy atom. The topological polar surface area (TPSA) is 20.2 Å². The Morgan fingerprint density at radius 1 is 1.27 bits per heavy atom. The molecular formula is C14H28O. The first-order valence-electron chi connectivity index (χ1n) is 6.81. The van der Waals surface area contributed by atoms with Gasteiger partial charge in [-0.25, -0.2) is 0 Å². The summed E-state index contributed by atoms with van der Waals surface area (Å²) in [4.78, 5) is 0. The third-order valence-electron chi connectivity index (χ3n) is 3.98. The van der Waals surface area contributed by atoms with Crippen LogP contribution in [-0.2, 0) is 0 Å². The van der Waals surface area contributed by atoms with Gasteiger partial charge in [-0.2, -0.15) is 0 Å². The molecule has 1 heteroatoms. The zero-order chi connectivity index (χ0) is 11.3. The number of rotatable bonds is 5. The molecule has 0 radical (unpaired) electrons. The second-order valence-electron chi connectivity index (χ2n) is 5.74. The van der Waals surface area contributed by atoms with Gasteiger partial charge in [0.25, 0.3) is 0 Å². The average Bonchev–Trinajstić information content (AvgIpc) is 2.20. The largest absolute Gasteiger partial charge is 0.393 e. The molecule has 1 saturated carbocycles. The third kappa shape index (κ3) is 4.55. The van der Waals surface area contributed by atoms with Crippen molar-refractivity contribution < 1.29 is 5.11 Å². The minimum Gasteiger partial charge on any atom is -0.393 e. The smallest absolute Gasteiger partial charge is 0.0568 e. The van der Waals surface area contributed by atoms with Crippen LogP contribution in [0.5, 0.6) is 0 Å². The average molecular weight is 212 g/mol. The Morgan fingerprint density at radius 3 is 2.60 bits per heavy atom. The maximum absolute atomic E-state index is 9.95. The van der Waals surface area contributed by atoms with Crippen molar-refractivity contribution >= 4 is 0 Å². The highest BCUT2D eigenvalue weighted by atomic mass is 16.3. The summed E-state index contributed by atoms with van der Waals surface area (Å²) in [5.74, 6) is 2.30. The highest BCUT2D eigenvalue weighted by Gasteiger charge is 2.27. The first kappa shape index (κ1) is 13.0. The van der Waals surface area contributed by atoms with E-state index >= 15 is 0 Å². The molecule has 1 N–H and O–H groups in total. The van der Waals surface area contributed by atoms with Crippen LogP contribution in [0.4, 0.5) is 0 Å². The number of hydrogen-bond donors (Lipinski definition) is 1. The molecule has 0 bridgehead atoms. The first-order valence-corrected chi connectivity index (χ1v) is 6.81. The summed E-state index contributed by atoms with van der Waals surface area (Å²) >= 11 is 0. The second kappa shape index (κ2) is 6.52. The summed E-state index contributed by atoms with van der Waals surface area (Å²) in [6.45, 7) is 6.85. The second-order valence-corrected chi connectivity index (χ2v) is 5.74. The number of aliphatic hydroxyl groups is 1. The standard InChI is InChI=1S/C14H28O/c1-4-12-8-9-14(15)13(10-12)7-5-6-11(2)3/h11-15H,4-10H2,1-3H3. The fourth-order valence-corrected chi connectivity index (χ4v) is 2.81. The Balaban J connectivity index is 2.25. The molecule has 1 aliphatic carbocycles. The summed E-state index contributed by atoms with van der Waals surface area (Å²) in [6.07, 6.45) is 8.73. The van der Waals surface area contributed by atoms with Gasteiger partial charge in [0.1, 0.15) is 0 Å². The van der Waals surface area contributed by atoms with E-state index in [-0.39, 0.29) is 6.10 Å². The van der Waals surface area contributed by atoms with Crippen molar-refractivity contribution in [2.24, 2.45) is 17.8 Å². The predicted molar refractivity (Wildman–Crippen MR) is 65.8 cm³/mol. The molecule has 0 heterocycles. The first-order chi connectivity index (χ1) is 7.13. The lowest BCUT2D eigenvalue weighted by Crippen LogP contribution is -2.28. The molecule has 0 aromatic heterocycles. The molecular weight excluding hydrogens is 184 g/mol. The van der Waals surface area contributed by atoms with Crippen molar-refractivity contribution in [3.63, 3.8) is 0 Å². The van der Waals surface area contributed by atoms with E-state index in [2.05, 4.69) is 20.8 Å². The van der Waals surface area contributed by atoms with E-state index in [1.165, 1.54) is 38.5 Å². The van der Waals surface area contributed by atoms with Gasteiger partial charge in [0.05, 0.1) is 6.10 Å². The zero-order valence-corrected chi connectivity index (χ0v) is 10.7. The molecule has 0 aromatic rings. The van der Waals surface area contributed by atoms with E-state index in [9.17, 15) is 5.11 Å². The molecule has 0 aliphatic heterocycles. The summed E-state index contributed by atoms with van der Waals surface area (Å²) in [5, 5.41) is 9.95. The summed E-state index contributed by atoms with van der Waals surface area (Å²) in [7, 11) is 0. The number of aliphatic hydroxyl groups excluding tert-OH is 1. The van der Waals surface area contributed by atoms with Crippen LogP contribution >= 0.6 is 0 Å². The molecule has 90 valence electrons. The molecule has 0 aromatic carbocycles. The predicted octanol–water partition coefficient (Wildman–Crippen LogP) is 4.00. The van der Waals surface area contributed by atoms with Gasteiger partial charge in [0.15, 0.2) is 0 Å². The van der Waals surface area contributed by atoms with Crippen LogP contribution in [0, 0.1) is 17.8 Å². The van der Waals surface area contributed by atoms with Crippen molar-refractivity contribution in [3.05, 3.63) is 0 Å². The molecule has 1 aliphatic rings.